The van der Waals surface area contributed by atoms with Gasteiger partial charge in [-0.3, -0.25) is 0 Å². The highest BCUT2D eigenvalue weighted by atomic mass is 79.9. The van der Waals surface area contributed by atoms with E-state index in [4.69, 9.17) is 10.9 Å². The van der Waals surface area contributed by atoms with E-state index >= 15 is 0 Å². The van der Waals surface area contributed by atoms with Crippen molar-refractivity contribution in [2.75, 3.05) is 11.9 Å². The highest BCUT2D eigenvalue weighted by Crippen LogP contribution is 2.25. The number of oxime groups is 1. The largest absolute Gasteiger partial charge is 0.409 e. The maximum absolute atomic E-state index is 8.83. The van der Waals surface area contributed by atoms with Crippen LogP contribution < -0.4 is 10.6 Å². The summed E-state index contributed by atoms with van der Waals surface area (Å²) in [5.41, 5.74) is 7.36. The predicted octanol–water partition coefficient (Wildman–Crippen LogP) is 3.24. The maximum atomic E-state index is 8.83. The highest BCUT2D eigenvalue weighted by Gasteiger charge is 2.11. The summed E-state index contributed by atoms with van der Waals surface area (Å²) >= 11 is 5.14. The molecule has 100 valence electrons. The van der Waals surface area contributed by atoms with Crippen molar-refractivity contribution in [3.05, 3.63) is 50.6 Å². The Bertz CT molecular complexity index is 597. The second kappa shape index (κ2) is 6.08. The van der Waals surface area contributed by atoms with Crippen molar-refractivity contribution >= 4 is 38.8 Å². The molecule has 0 saturated heterocycles. The summed E-state index contributed by atoms with van der Waals surface area (Å²) < 4.78 is 1.09. The van der Waals surface area contributed by atoms with Crippen LogP contribution in [-0.2, 0) is 6.54 Å². The number of thiophene rings is 1. The fourth-order valence-corrected chi connectivity index (χ4v) is 3.34. The number of hydrogen-bond acceptors (Lipinski definition) is 4. The number of nitrogens with zero attached hydrogens (tertiary/aromatic N) is 2. The molecule has 19 heavy (non-hydrogen) atoms. The predicted molar refractivity (Wildman–Crippen MR) is 83.1 cm³/mol. The van der Waals surface area contributed by atoms with Gasteiger partial charge in [-0.15, -0.1) is 11.3 Å². The molecule has 0 bridgehead atoms. The highest BCUT2D eigenvalue weighted by molar-refractivity contribution is 9.10. The molecular formula is C13H14BrN3OS. The number of anilines is 1. The lowest BCUT2D eigenvalue weighted by Gasteiger charge is -2.21. The number of benzene rings is 1. The Labute approximate surface area is 124 Å². The lowest BCUT2D eigenvalue weighted by Crippen LogP contribution is -2.22. The van der Waals surface area contributed by atoms with Gasteiger partial charge in [0, 0.05) is 33.0 Å². The third-order valence-corrected chi connectivity index (χ3v) is 4.40. The standard InChI is InChI=1S/C13H14BrN3OS/c1-17(7-10-6-9(14)8-19-10)12-5-3-2-4-11(12)13(15)16-18/h2-6,8,18H,7H2,1H3,(H2,15,16). The van der Waals surface area contributed by atoms with Crippen LogP contribution in [0.1, 0.15) is 10.4 Å². The molecule has 0 spiro atoms. The third-order valence-electron chi connectivity index (χ3n) is 2.71. The maximum Gasteiger partial charge on any atom is 0.172 e. The van der Waals surface area contributed by atoms with Gasteiger partial charge in [-0.25, -0.2) is 0 Å². The molecule has 1 heterocycles. The third kappa shape index (κ3) is 3.27. The van der Waals surface area contributed by atoms with Crippen LogP contribution in [0.2, 0.25) is 0 Å². The van der Waals surface area contributed by atoms with Crippen molar-refractivity contribution in [3.63, 3.8) is 0 Å². The minimum atomic E-state index is 0.120. The number of para-hydroxylation sites is 1. The molecule has 0 aliphatic rings. The first-order valence-electron chi connectivity index (χ1n) is 5.63. The van der Waals surface area contributed by atoms with E-state index in [-0.39, 0.29) is 5.84 Å². The first-order chi connectivity index (χ1) is 9.11. The van der Waals surface area contributed by atoms with Gasteiger partial charge in [0.05, 0.1) is 6.54 Å². The van der Waals surface area contributed by atoms with Crippen LogP contribution in [0.15, 0.2) is 45.3 Å². The summed E-state index contributed by atoms with van der Waals surface area (Å²) in [5.74, 6) is 0.120. The molecule has 0 aliphatic carbocycles. The minimum Gasteiger partial charge on any atom is -0.409 e. The van der Waals surface area contributed by atoms with Crippen molar-refractivity contribution < 1.29 is 5.21 Å². The van der Waals surface area contributed by atoms with E-state index in [1.165, 1.54) is 4.88 Å². The molecule has 0 aliphatic heterocycles. The fourth-order valence-electron chi connectivity index (χ4n) is 1.83. The first kappa shape index (κ1) is 13.9. The molecule has 2 rings (SSSR count). The fraction of sp³-hybridized carbons (Fsp3) is 0.154. The average molecular weight is 340 g/mol. The van der Waals surface area contributed by atoms with Crippen LogP contribution in [0.3, 0.4) is 0 Å². The Morgan fingerprint density at radius 3 is 2.84 bits per heavy atom. The van der Waals surface area contributed by atoms with Gasteiger partial charge in [0.2, 0.25) is 0 Å². The molecule has 3 N–H and O–H groups in total. The lowest BCUT2D eigenvalue weighted by molar-refractivity contribution is 0.318. The molecule has 0 saturated carbocycles. The molecule has 0 amide bonds. The molecule has 0 radical (unpaired) electrons. The number of hydrogen-bond donors (Lipinski definition) is 2. The van der Waals surface area contributed by atoms with Crippen LogP contribution in [0.5, 0.6) is 0 Å². The summed E-state index contributed by atoms with van der Waals surface area (Å²) in [7, 11) is 1.98. The van der Waals surface area contributed by atoms with Crippen LogP contribution in [-0.4, -0.2) is 18.1 Å². The molecule has 0 unspecified atom stereocenters. The monoisotopic (exact) mass is 339 g/mol. The SMILES string of the molecule is CN(Cc1cc(Br)cs1)c1ccccc1C(N)=NO. The van der Waals surface area contributed by atoms with Crippen LogP contribution in [0.25, 0.3) is 0 Å². The lowest BCUT2D eigenvalue weighted by atomic mass is 10.1. The molecule has 0 atom stereocenters. The second-order valence-electron chi connectivity index (χ2n) is 4.09. The molecule has 0 fully saturated rings. The molecule has 2 aromatic rings. The Morgan fingerprint density at radius 1 is 1.47 bits per heavy atom. The van der Waals surface area contributed by atoms with Crippen molar-refractivity contribution in [2.45, 2.75) is 6.54 Å². The number of nitrogens with two attached hydrogens (primary N) is 1. The van der Waals surface area contributed by atoms with Crippen LogP contribution in [0.4, 0.5) is 5.69 Å². The van der Waals surface area contributed by atoms with Gasteiger partial charge >= 0.3 is 0 Å². The zero-order valence-electron chi connectivity index (χ0n) is 10.4. The van der Waals surface area contributed by atoms with Crippen LogP contribution >= 0.6 is 27.3 Å². The van der Waals surface area contributed by atoms with Crippen molar-refractivity contribution in [1.82, 2.24) is 0 Å². The Morgan fingerprint density at radius 2 is 2.21 bits per heavy atom. The minimum absolute atomic E-state index is 0.120. The van der Waals surface area contributed by atoms with Gasteiger partial charge in [-0.2, -0.15) is 0 Å². The Hall–Kier alpha value is -1.53. The quantitative estimate of drug-likeness (QED) is 0.389. The van der Waals surface area contributed by atoms with Gasteiger partial charge in [-0.05, 0) is 34.1 Å². The van der Waals surface area contributed by atoms with Gasteiger partial charge in [0.15, 0.2) is 5.84 Å². The zero-order chi connectivity index (χ0) is 13.8. The van der Waals surface area contributed by atoms with Crippen molar-refractivity contribution in [2.24, 2.45) is 10.9 Å². The number of halogens is 1. The summed E-state index contributed by atoms with van der Waals surface area (Å²) in [4.78, 5) is 3.31. The van der Waals surface area contributed by atoms with Gasteiger partial charge in [0.1, 0.15) is 0 Å². The Kier molecular flexibility index (Phi) is 4.44. The van der Waals surface area contributed by atoms with Gasteiger partial charge in [-0.1, -0.05) is 17.3 Å². The number of amidine groups is 1. The smallest absolute Gasteiger partial charge is 0.172 e. The molecule has 1 aromatic carbocycles. The Balaban J connectivity index is 2.26. The van der Waals surface area contributed by atoms with Crippen molar-refractivity contribution in [3.8, 4) is 0 Å². The van der Waals surface area contributed by atoms with E-state index in [1.807, 2.05) is 31.3 Å². The molecule has 6 heteroatoms. The summed E-state index contributed by atoms with van der Waals surface area (Å²) in [6.45, 7) is 0.770. The summed E-state index contributed by atoms with van der Waals surface area (Å²) in [6.07, 6.45) is 0. The van der Waals surface area contributed by atoms with Crippen molar-refractivity contribution in [1.29, 1.82) is 0 Å². The summed E-state index contributed by atoms with van der Waals surface area (Å²) in [5, 5.41) is 14.0. The zero-order valence-corrected chi connectivity index (χ0v) is 12.8. The van der Waals surface area contributed by atoms with E-state index < -0.39 is 0 Å². The van der Waals surface area contributed by atoms with E-state index in [0.717, 1.165) is 22.3 Å². The van der Waals surface area contributed by atoms with E-state index in [2.05, 4.69) is 37.4 Å². The van der Waals surface area contributed by atoms with Crippen LogP contribution in [0, 0.1) is 0 Å². The molecular weight excluding hydrogens is 326 g/mol. The second-order valence-corrected chi connectivity index (χ2v) is 6.00. The van der Waals surface area contributed by atoms with Gasteiger partial charge < -0.3 is 15.8 Å². The van der Waals surface area contributed by atoms with E-state index in [9.17, 15) is 0 Å². The number of rotatable bonds is 4. The normalized spacial score (nSPS) is 11.6. The first-order valence-corrected chi connectivity index (χ1v) is 7.30. The van der Waals surface area contributed by atoms with E-state index in [1.54, 1.807) is 11.3 Å². The van der Waals surface area contributed by atoms with Gasteiger partial charge in [0.25, 0.3) is 0 Å². The topological polar surface area (TPSA) is 61.8 Å². The average Bonchev–Trinajstić information content (AvgIpc) is 2.83. The molecule has 1 aromatic heterocycles. The molecule has 4 nitrogen and oxygen atoms in total. The summed E-state index contributed by atoms with van der Waals surface area (Å²) in [6, 6.07) is 9.69. The van der Waals surface area contributed by atoms with E-state index in [0.29, 0.717) is 0 Å².